The Morgan fingerprint density at radius 2 is 1.68 bits per heavy atom. The molecule has 0 amide bonds. The first-order valence-electron chi connectivity index (χ1n) is 8.50. The number of benzene rings is 2. The zero-order chi connectivity index (χ0) is 17.9. The molecule has 2 aromatic carbocycles. The third-order valence-electron chi connectivity index (χ3n) is 4.71. The molecule has 0 spiro atoms. The second-order valence-electron chi connectivity index (χ2n) is 6.28. The van der Waals surface area contributed by atoms with Gasteiger partial charge in [0.25, 0.3) is 0 Å². The van der Waals surface area contributed by atoms with E-state index in [9.17, 15) is 0 Å². The molecule has 134 valence electrons. The van der Waals surface area contributed by atoms with Gasteiger partial charge in [-0.05, 0) is 35.8 Å². The van der Waals surface area contributed by atoms with Crippen LogP contribution in [0.15, 0.2) is 42.5 Å². The van der Waals surface area contributed by atoms with Crippen LogP contribution >= 0.6 is 31.8 Å². The van der Waals surface area contributed by atoms with E-state index in [-0.39, 0.29) is 9.99 Å². The van der Waals surface area contributed by atoms with E-state index < -0.39 is 0 Å². The lowest BCUT2D eigenvalue weighted by Gasteiger charge is -2.36. The van der Waals surface area contributed by atoms with Crippen molar-refractivity contribution in [1.29, 1.82) is 0 Å². The number of rotatable bonds is 5. The summed E-state index contributed by atoms with van der Waals surface area (Å²) >= 11 is 13.6. The monoisotopic (exact) mass is 396 g/mol. The minimum atomic E-state index is -0.370. The highest BCUT2D eigenvalue weighted by Crippen LogP contribution is 2.51. The maximum absolute atomic E-state index is 6.98. The Bertz CT molecular complexity index is 715. The molecular formula is C20H23Cl2O2P. The lowest BCUT2D eigenvalue weighted by atomic mass is 9.99. The van der Waals surface area contributed by atoms with Gasteiger partial charge in [0.05, 0.1) is 29.8 Å². The summed E-state index contributed by atoms with van der Waals surface area (Å²) in [5, 5.41) is 1.21. The van der Waals surface area contributed by atoms with Crippen LogP contribution in [0.1, 0.15) is 25.7 Å². The molecular weight excluding hydrogens is 374 g/mol. The molecule has 0 aromatic heterocycles. The molecule has 0 bridgehead atoms. The molecule has 0 aliphatic heterocycles. The van der Waals surface area contributed by atoms with E-state index in [1.165, 1.54) is 5.30 Å². The molecule has 1 aliphatic carbocycles. The lowest BCUT2D eigenvalue weighted by molar-refractivity contribution is 0.397. The van der Waals surface area contributed by atoms with Crippen molar-refractivity contribution in [1.82, 2.24) is 0 Å². The summed E-state index contributed by atoms with van der Waals surface area (Å²) in [4.78, 5) is 0. The van der Waals surface area contributed by atoms with Crippen molar-refractivity contribution in [3.63, 3.8) is 0 Å². The maximum atomic E-state index is 6.98. The second kappa shape index (κ2) is 8.16. The van der Waals surface area contributed by atoms with Gasteiger partial charge in [0.15, 0.2) is 0 Å². The summed E-state index contributed by atoms with van der Waals surface area (Å²) in [5.74, 6) is 1.59. The number of hydrogen-bond acceptors (Lipinski definition) is 2. The zero-order valence-corrected chi connectivity index (χ0v) is 17.0. The van der Waals surface area contributed by atoms with Crippen LogP contribution in [0.25, 0.3) is 11.1 Å². The predicted molar refractivity (Wildman–Crippen MR) is 110 cm³/mol. The van der Waals surface area contributed by atoms with Crippen molar-refractivity contribution < 1.29 is 9.47 Å². The molecule has 1 fully saturated rings. The van der Waals surface area contributed by atoms with E-state index in [0.717, 1.165) is 48.3 Å². The van der Waals surface area contributed by atoms with Gasteiger partial charge in [-0.3, -0.25) is 0 Å². The largest absolute Gasteiger partial charge is 0.496 e. The normalized spacial score (nSPS) is 23.8. The second-order valence-corrected chi connectivity index (χ2v) is 9.48. The van der Waals surface area contributed by atoms with Gasteiger partial charge in [-0.25, -0.2) is 0 Å². The average molecular weight is 397 g/mol. The summed E-state index contributed by atoms with van der Waals surface area (Å²) in [5.41, 5.74) is 2.07. The molecule has 25 heavy (non-hydrogen) atoms. The molecule has 1 aliphatic rings. The standard InChI is InChI=1S/C20H23Cl2O2P/c1-23-15-9-7-10-16(24-2)19(15)14-8-3-4-11-17(14)25-20(22)13-6-5-12-18(20)21/h3-4,7-11,18,25H,5-6,12-13H2,1-2H3. The Hall–Kier alpha value is -0.950. The molecule has 3 atom stereocenters. The fourth-order valence-corrected chi connectivity index (χ4v) is 5.93. The SMILES string of the molecule is COc1cccc(OC)c1-c1ccccc1PC1(Cl)CCCCC1Cl. The minimum absolute atomic E-state index is 0.00821. The van der Waals surface area contributed by atoms with Gasteiger partial charge in [0, 0.05) is 0 Å². The molecule has 0 N–H and O–H groups in total. The van der Waals surface area contributed by atoms with Gasteiger partial charge in [0.1, 0.15) is 11.5 Å². The minimum Gasteiger partial charge on any atom is -0.496 e. The van der Waals surface area contributed by atoms with Crippen molar-refractivity contribution >= 4 is 37.1 Å². The summed E-state index contributed by atoms with van der Waals surface area (Å²) in [6, 6.07) is 14.2. The Morgan fingerprint density at radius 3 is 2.32 bits per heavy atom. The van der Waals surface area contributed by atoms with E-state index >= 15 is 0 Å². The van der Waals surface area contributed by atoms with Crippen molar-refractivity contribution in [3.8, 4) is 22.6 Å². The van der Waals surface area contributed by atoms with Gasteiger partial charge >= 0.3 is 0 Å². The van der Waals surface area contributed by atoms with Crippen molar-refractivity contribution in [2.75, 3.05) is 14.2 Å². The van der Waals surface area contributed by atoms with Crippen LogP contribution < -0.4 is 14.8 Å². The summed E-state index contributed by atoms with van der Waals surface area (Å²) in [6.07, 6.45) is 4.24. The third-order valence-corrected chi connectivity index (χ3v) is 8.05. The number of alkyl halides is 2. The first-order valence-corrected chi connectivity index (χ1v) is 10.3. The van der Waals surface area contributed by atoms with Gasteiger partial charge in [-0.1, -0.05) is 51.8 Å². The van der Waals surface area contributed by atoms with Gasteiger partial charge in [0.2, 0.25) is 0 Å². The van der Waals surface area contributed by atoms with Crippen LogP contribution in [-0.2, 0) is 0 Å². The number of halogens is 2. The van der Waals surface area contributed by atoms with Crippen LogP contribution in [0.3, 0.4) is 0 Å². The van der Waals surface area contributed by atoms with E-state index in [4.69, 9.17) is 32.7 Å². The van der Waals surface area contributed by atoms with Gasteiger partial charge < -0.3 is 9.47 Å². The molecule has 0 saturated heterocycles. The first-order chi connectivity index (χ1) is 12.1. The fourth-order valence-electron chi connectivity index (χ4n) is 3.38. The zero-order valence-electron chi connectivity index (χ0n) is 14.5. The fraction of sp³-hybridized carbons (Fsp3) is 0.400. The molecule has 1 saturated carbocycles. The average Bonchev–Trinajstić information content (AvgIpc) is 2.64. The molecule has 0 heterocycles. The van der Waals surface area contributed by atoms with Crippen molar-refractivity contribution in [2.45, 2.75) is 35.7 Å². The van der Waals surface area contributed by atoms with Gasteiger partial charge in [-0.15, -0.1) is 23.2 Å². The predicted octanol–water partition coefficient (Wildman–Crippen LogP) is 5.79. The molecule has 2 nitrogen and oxygen atoms in total. The Balaban J connectivity index is 2.06. The van der Waals surface area contributed by atoms with Gasteiger partial charge in [-0.2, -0.15) is 0 Å². The highest BCUT2D eigenvalue weighted by atomic mass is 35.5. The highest BCUT2D eigenvalue weighted by Gasteiger charge is 2.38. The first kappa shape index (κ1) is 18.8. The van der Waals surface area contributed by atoms with E-state index in [1.54, 1.807) is 14.2 Å². The van der Waals surface area contributed by atoms with Crippen LogP contribution in [-0.4, -0.2) is 24.2 Å². The summed E-state index contributed by atoms with van der Waals surface area (Å²) in [7, 11) is 3.79. The maximum Gasteiger partial charge on any atom is 0.130 e. The molecule has 2 aromatic rings. The molecule has 3 unspecified atom stereocenters. The molecule has 3 rings (SSSR count). The Morgan fingerprint density at radius 1 is 1.00 bits per heavy atom. The van der Waals surface area contributed by atoms with Crippen molar-refractivity contribution in [2.24, 2.45) is 0 Å². The Kier molecular flexibility index (Phi) is 6.15. The topological polar surface area (TPSA) is 18.5 Å². The smallest absolute Gasteiger partial charge is 0.130 e. The summed E-state index contributed by atoms with van der Waals surface area (Å²) < 4.78 is 10.8. The van der Waals surface area contributed by atoms with Crippen LogP contribution in [0.5, 0.6) is 11.5 Å². The number of methoxy groups -OCH3 is 2. The molecule has 5 heteroatoms. The van der Waals surface area contributed by atoms with Crippen LogP contribution in [0.4, 0.5) is 0 Å². The Labute approximate surface area is 161 Å². The quantitative estimate of drug-likeness (QED) is 0.470. The van der Waals surface area contributed by atoms with E-state index in [1.807, 2.05) is 24.3 Å². The number of hydrogen-bond donors (Lipinski definition) is 0. The summed E-state index contributed by atoms with van der Waals surface area (Å²) in [6.45, 7) is 0. The van der Waals surface area contributed by atoms with Crippen LogP contribution in [0, 0.1) is 0 Å². The lowest BCUT2D eigenvalue weighted by Crippen LogP contribution is -2.33. The number of ether oxygens (including phenoxy) is 2. The molecule has 0 radical (unpaired) electrons. The van der Waals surface area contributed by atoms with Crippen LogP contribution in [0.2, 0.25) is 0 Å². The van der Waals surface area contributed by atoms with E-state index in [0.29, 0.717) is 8.58 Å². The third kappa shape index (κ3) is 3.92. The van der Waals surface area contributed by atoms with E-state index in [2.05, 4.69) is 18.2 Å². The highest BCUT2D eigenvalue weighted by molar-refractivity contribution is 7.51. The van der Waals surface area contributed by atoms with Crippen molar-refractivity contribution in [3.05, 3.63) is 42.5 Å².